The number of hydrazone groups is 1. The second-order valence-corrected chi connectivity index (χ2v) is 6.30. The van der Waals surface area contributed by atoms with E-state index in [9.17, 15) is 28.2 Å². The number of fused-ring (bicyclic) bond motifs is 1. The van der Waals surface area contributed by atoms with E-state index in [-0.39, 0.29) is 34.4 Å². The van der Waals surface area contributed by atoms with Gasteiger partial charge < -0.3 is 10.2 Å². The molecule has 2 N–H and O–H groups in total. The largest absolute Gasteiger partial charge is 0.508 e. The fraction of sp³-hybridized carbons (Fsp3) is 0.500. The molecule has 0 spiro atoms. The highest BCUT2D eigenvalue weighted by molar-refractivity contribution is 6.00. The van der Waals surface area contributed by atoms with Gasteiger partial charge in [0.05, 0.1) is 5.92 Å². The number of alkyl halides is 3. The molecule has 1 aliphatic heterocycles. The van der Waals surface area contributed by atoms with Crippen LogP contribution in [0.25, 0.3) is 0 Å². The predicted molar refractivity (Wildman–Crippen MR) is 79.2 cm³/mol. The molecule has 5 nitrogen and oxygen atoms in total. The lowest BCUT2D eigenvalue weighted by Crippen LogP contribution is -2.61. The molecule has 0 aromatic heterocycles. The van der Waals surface area contributed by atoms with Gasteiger partial charge in [0, 0.05) is 11.3 Å². The van der Waals surface area contributed by atoms with Gasteiger partial charge in [-0.05, 0) is 43.0 Å². The average Bonchev–Trinajstić information content (AvgIpc) is 2.83. The van der Waals surface area contributed by atoms with Crippen molar-refractivity contribution in [2.45, 2.75) is 38.1 Å². The summed E-state index contributed by atoms with van der Waals surface area (Å²) < 4.78 is 41.0. The molecular weight excluding hydrogens is 325 g/mol. The van der Waals surface area contributed by atoms with Crippen LogP contribution in [0.3, 0.4) is 0 Å². The number of benzene rings is 1. The Morgan fingerprint density at radius 3 is 2.50 bits per heavy atom. The Morgan fingerprint density at radius 2 is 1.92 bits per heavy atom. The number of nitrogens with zero attached hydrogens (tertiary/aromatic N) is 2. The Kier molecular flexibility index (Phi) is 3.82. The number of rotatable bonds is 1. The lowest BCUT2D eigenvalue weighted by molar-refractivity contribution is -0.312. The first kappa shape index (κ1) is 16.8. The number of carbonyl (C=O) groups excluding carboxylic acids is 1. The zero-order valence-corrected chi connectivity index (χ0v) is 12.9. The Labute approximate surface area is 136 Å². The highest BCUT2D eigenvalue weighted by Crippen LogP contribution is 2.49. The molecule has 1 heterocycles. The summed E-state index contributed by atoms with van der Waals surface area (Å²) in [5.41, 5.74) is -3.22. The predicted octanol–water partition coefficient (Wildman–Crippen LogP) is 2.89. The third kappa shape index (κ3) is 2.36. The van der Waals surface area contributed by atoms with Crippen molar-refractivity contribution in [3.8, 4) is 5.75 Å². The summed E-state index contributed by atoms with van der Waals surface area (Å²) in [4.78, 5) is 12.5. The van der Waals surface area contributed by atoms with Crippen molar-refractivity contribution < 1.29 is 28.2 Å². The topological polar surface area (TPSA) is 73.1 Å². The van der Waals surface area contributed by atoms with Crippen LogP contribution in [0.1, 0.15) is 36.5 Å². The van der Waals surface area contributed by atoms with Gasteiger partial charge in [0.2, 0.25) is 0 Å². The Hall–Kier alpha value is -2.09. The molecule has 3 unspecified atom stereocenters. The van der Waals surface area contributed by atoms with Gasteiger partial charge in [0.1, 0.15) is 5.75 Å². The minimum atomic E-state index is -5.04. The highest BCUT2D eigenvalue weighted by atomic mass is 19.4. The lowest BCUT2D eigenvalue weighted by Gasteiger charge is -2.39. The van der Waals surface area contributed by atoms with Gasteiger partial charge in [-0.3, -0.25) is 4.79 Å². The van der Waals surface area contributed by atoms with Gasteiger partial charge in [-0.1, -0.05) is 13.3 Å². The van der Waals surface area contributed by atoms with Gasteiger partial charge in [-0.25, -0.2) is 0 Å². The molecule has 3 atom stereocenters. The molecule has 1 amide bonds. The van der Waals surface area contributed by atoms with Gasteiger partial charge in [0.25, 0.3) is 11.6 Å². The number of amides is 1. The van der Waals surface area contributed by atoms with Crippen molar-refractivity contribution >= 4 is 11.6 Å². The summed E-state index contributed by atoms with van der Waals surface area (Å²) in [5, 5.41) is 23.8. The van der Waals surface area contributed by atoms with Crippen LogP contribution in [0.5, 0.6) is 5.75 Å². The van der Waals surface area contributed by atoms with E-state index in [2.05, 4.69) is 5.10 Å². The molecule has 3 rings (SSSR count). The number of aromatic hydroxyl groups is 1. The van der Waals surface area contributed by atoms with Crippen molar-refractivity contribution in [3.05, 3.63) is 29.8 Å². The van der Waals surface area contributed by atoms with Gasteiger partial charge in [-0.15, -0.1) is 0 Å². The SMILES string of the molecule is CC1CCCC2C1=NN(C(=O)c1ccc(O)cc1)C2(O)C(F)(F)F. The number of halogens is 3. The second-order valence-electron chi connectivity index (χ2n) is 6.30. The molecule has 8 heteroatoms. The Balaban J connectivity index is 2.06. The molecule has 0 bridgehead atoms. The summed E-state index contributed by atoms with van der Waals surface area (Å²) in [7, 11) is 0. The highest BCUT2D eigenvalue weighted by Gasteiger charge is 2.69. The molecule has 24 heavy (non-hydrogen) atoms. The maximum absolute atomic E-state index is 13.7. The molecule has 1 aromatic rings. The van der Waals surface area contributed by atoms with Crippen LogP contribution in [-0.2, 0) is 0 Å². The van der Waals surface area contributed by atoms with Crippen molar-refractivity contribution in [1.29, 1.82) is 0 Å². The summed E-state index contributed by atoms with van der Waals surface area (Å²) in [6.45, 7) is 1.75. The normalized spacial score (nSPS) is 30.0. The summed E-state index contributed by atoms with van der Waals surface area (Å²) in [6, 6.07) is 4.78. The van der Waals surface area contributed by atoms with E-state index < -0.39 is 23.7 Å². The smallest absolute Gasteiger partial charge is 0.439 e. The van der Waals surface area contributed by atoms with E-state index in [4.69, 9.17) is 0 Å². The number of carbonyl (C=O) groups is 1. The second kappa shape index (κ2) is 5.47. The third-order valence-corrected chi connectivity index (χ3v) is 4.74. The molecule has 1 aliphatic carbocycles. The van der Waals surface area contributed by atoms with Crippen LogP contribution in [-0.4, -0.2) is 38.7 Å². The van der Waals surface area contributed by atoms with Crippen molar-refractivity contribution in [2.75, 3.05) is 0 Å². The molecule has 0 saturated heterocycles. The third-order valence-electron chi connectivity index (χ3n) is 4.74. The molecule has 0 radical (unpaired) electrons. The minimum Gasteiger partial charge on any atom is -0.508 e. The Morgan fingerprint density at radius 1 is 1.29 bits per heavy atom. The van der Waals surface area contributed by atoms with Crippen LogP contribution in [0, 0.1) is 11.8 Å². The van der Waals surface area contributed by atoms with Gasteiger partial charge >= 0.3 is 6.18 Å². The summed E-state index contributed by atoms with van der Waals surface area (Å²) in [6.07, 6.45) is -3.71. The fourth-order valence-corrected chi connectivity index (χ4v) is 3.43. The van der Waals surface area contributed by atoms with Crippen LogP contribution in [0.4, 0.5) is 13.2 Å². The van der Waals surface area contributed by atoms with Crippen molar-refractivity contribution in [3.63, 3.8) is 0 Å². The molecule has 1 fully saturated rings. The number of hydrogen-bond donors (Lipinski definition) is 2. The lowest BCUT2D eigenvalue weighted by atomic mass is 9.75. The molecule has 1 saturated carbocycles. The van der Waals surface area contributed by atoms with Crippen molar-refractivity contribution in [1.82, 2.24) is 5.01 Å². The Bertz CT molecular complexity index is 687. The van der Waals surface area contributed by atoms with Gasteiger partial charge in [0.15, 0.2) is 0 Å². The molecule has 130 valence electrons. The zero-order valence-electron chi connectivity index (χ0n) is 12.9. The van der Waals surface area contributed by atoms with E-state index in [1.54, 1.807) is 6.92 Å². The van der Waals surface area contributed by atoms with E-state index >= 15 is 0 Å². The zero-order chi connectivity index (χ0) is 17.7. The van der Waals surface area contributed by atoms with E-state index in [1.165, 1.54) is 24.3 Å². The van der Waals surface area contributed by atoms with Crippen LogP contribution in [0.15, 0.2) is 29.4 Å². The first-order chi connectivity index (χ1) is 11.2. The minimum absolute atomic E-state index is 0.0916. The number of aliphatic hydroxyl groups is 1. The standard InChI is InChI=1S/C16H17F3N2O3/c1-9-3-2-4-12-13(9)20-21(15(12,24)16(17,18)19)14(23)10-5-7-11(22)8-6-10/h5-9,12,22,24H,2-4H2,1H3. The van der Waals surface area contributed by atoms with Crippen LogP contribution >= 0.6 is 0 Å². The van der Waals surface area contributed by atoms with E-state index in [1.807, 2.05) is 0 Å². The first-order valence-electron chi connectivity index (χ1n) is 7.67. The average molecular weight is 342 g/mol. The monoisotopic (exact) mass is 342 g/mol. The molecule has 1 aromatic carbocycles. The summed E-state index contributed by atoms with van der Waals surface area (Å²) in [5.74, 6) is -2.64. The number of phenolic OH excluding ortho intramolecular Hbond substituents is 1. The maximum atomic E-state index is 13.7. The van der Waals surface area contributed by atoms with Crippen LogP contribution in [0.2, 0.25) is 0 Å². The van der Waals surface area contributed by atoms with E-state index in [0.29, 0.717) is 12.8 Å². The number of hydrogen-bond acceptors (Lipinski definition) is 4. The molecular formula is C16H17F3N2O3. The van der Waals surface area contributed by atoms with Crippen molar-refractivity contribution in [2.24, 2.45) is 16.9 Å². The quantitative estimate of drug-likeness (QED) is 0.824. The first-order valence-corrected chi connectivity index (χ1v) is 7.67. The fourth-order valence-electron chi connectivity index (χ4n) is 3.43. The molecule has 2 aliphatic rings. The van der Waals surface area contributed by atoms with Crippen LogP contribution < -0.4 is 0 Å². The maximum Gasteiger partial charge on any atom is 0.439 e. The summed E-state index contributed by atoms with van der Waals surface area (Å²) >= 11 is 0. The van der Waals surface area contributed by atoms with E-state index in [0.717, 1.165) is 0 Å². The number of phenols is 1. The van der Waals surface area contributed by atoms with Gasteiger partial charge in [-0.2, -0.15) is 23.3 Å².